The molecule has 3 rings (SSSR count). The van der Waals surface area contributed by atoms with Crippen molar-refractivity contribution < 1.29 is 9.53 Å². The van der Waals surface area contributed by atoms with E-state index in [0.29, 0.717) is 10.7 Å². The first-order chi connectivity index (χ1) is 11.2. The molecule has 1 fully saturated rings. The first kappa shape index (κ1) is 15.7. The second-order valence-electron chi connectivity index (χ2n) is 5.57. The number of likely N-dealkylation sites (tertiary alicyclic amines) is 1. The molecule has 5 heteroatoms. The van der Waals surface area contributed by atoms with Crippen LogP contribution in [0.5, 0.6) is 5.75 Å². The summed E-state index contributed by atoms with van der Waals surface area (Å²) in [6, 6.07) is 15.1. The standard InChI is InChI=1S/C18H19ClN2O2/c1-23-16-8-2-5-13(11-16)17-9-4-10-21(17)18(22)20-15-7-3-6-14(19)12-15/h2-3,5-8,11-12,17H,4,9-10H2,1H3,(H,20,22). The smallest absolute Gasteiger partial charge is 0.322 e. The summed E-state index contributed by atoms with van der Waals surface area (Å²) in [5.74, 6) is 0.810. The van der Waals surface area contributed by atoms with E-state index in [4.69, 9.17) is 16.3 Å². The fourth-order valence-corrected chi connectivity index (χ4v) is 3.16. The number of methoxy groups -OCH3 is 1. The lowest BCUT2D eigenvalue weighted by Crippen LogP contribution is -2.34. The highest BCUT2D eigenvalue weighted by Gasteiger charge is 2.30. The van der Waals surface area contributed by atoms with Crippen LogP contribution < -0.4 is 10.1 Å². The molecule has 0 bridgehead atoms. The maximum atomic E-state index is 12.6. The summed E-state index contributed by atoms with van der Waals surface area (Å²) in [5, 5.41) is 3.53. The summed E-state index contributed by atoms with van der Waals surface area (Å²) in [6.07, 6.45) is 1.95. The average molecular weight is 331 g/mol. The fraction of sp³-hybridized carbons (Fsp3) is 0.278. The lowest BCUT2D eigenvalue weighted by atomic mass is 10.0. The predicted molar refractivity (Wildman–Crippen MR) is 92.1 cm³/mol. The van der Waals surface area contributed by atoms with Gasteiger partial charge in [0.2, 0.25) is 0 Å². The first-order valence-corrected chi connectivity index (χ1v) is 8.02. The number of carbonyl (C=O) groups is 1. The van der Waals surface area contributed by atoms with Crippen molar-refractivity contribution in [3.63, 3.8) is 0 Å². The SMILES string of the molecule is COc1cccc(C2CCCN2C(=O)Nc2cccc(Cl)c2)c1. The number of halogens is 1. The highest BCUT2D eigenvalue weighted by atomic mass is 35.5. The van der Waals surface area contributed by atoms with Crippen molar-refractivity contribution >= 4 is 23.3 Å². The van der Waals surface area contributed by atoms with Gasteiger partial charge in [0.1, 0.15) is 5.75 Å². The first-order valence-electron chi connectivity index (χ1n) is 7.64. The van der Waals surface area contributed by atoms with Crippen molar-refractivity contribution in [2.24, 2.45) is 0 Å². The van der Waals surface area contributed by atoms with Gasteiger partial charge in [0.15, 0.2) is 0 Å². The Kier molecular flexibility index (Phi) is 4.72. The van der Waals surface area contributed by atoms with Crippen LogP contribution in [0.4, 0.5) is 10.5 Å². The van der Waals surface area contributed by atoms with E-state index in [1.807, 2.05) is 41.3 Å². The van der Waals surface area contributed by atoms with Gasteiger partial charge in [-0.2, -0.15) is 0 Å². The Hall–Kier alpha value is -2.20. The van der Waals surface area contributed by atoms with Crippen molar-refractivity contribution in [2.45, 2.75) is 18.9 Å². The minimum absolute atomic E-state index is 0.0734. The lowest BCUT2D eigenvalue weighted by Gasteiger charge is -2.25. The molecule has 0 spiro atoms. The molecular formula is C18H19ClN2O2. The van der Waals surface area contributed by atoms with Gasteiger partial charge < -0.3 is 15.0 Å². The molecule has 1 heterocycles. The van der Waals surface area contributed by atoms with Crippen LogP contribution >= 0.6 is 11.6 Å². The highest BCUT2D eigenvalue weighted by molar-refractivity contribution is 6.30. The van der Waals surface area contributed by atoms with Gasteiger partial charge in [0, 0.05) is 17.3 Å². The average Bonchev–Trinajstić information content (AvgIpc) is 3.05. The molecule has 2 aromatic carbocycles. The molecule has 1 N–H and O–H groups in total. The molecule has 1 aliphatic rings. The molecule has 1 saturated heterocycles. The van der Waals surface area contributed by atoms with Gasteiger partial charge in [-0.15, -0.1) is 0 Å². The van der Waals surface area contributed by atoms with Crippen molar-refractivity contribution in [3.8, 4) is 5.75 Å². The Bertz CT molecular complexity index is 705. The zero-order valence-corrected chi connectivity index (χ0v) is 13.7. The molecule has 120 valence electrons. The number of carbonyl (C=O) groups excluding carboxylic acids is 1. The number of benzene rings is 2. The van der Waals surface area contributed by atoms with Crippen LogP contribution in [0.15, 0.2) is 48.5 Å². The van der Waals surface area contributed by atoms with Gasteiger partial charge in [-0.1, -0.05) is 29.8 Å². The van der Waals surface area contributed by atoms with Gasteiger partial charge in [0.25, 0.3) is 0 Å². The van der Waals surface area contributed by atoms with E-state index in [2.05, 4.69) is 5.32 Å². The Labute approximate surface area is 141 Å². The molecule has 0 aromatic heterocycles. The Balaban J connectivity index is 1.76. The summed E-state index contributed by atoms with van der Waals surface area (Å²) < 4.78 is 5.29. The maximum absolute atomic E-state index is 12.6. The topological polar surface area (TPSA) is 41.6 Å². The Morgan fingerprint density at radius 3 is 2.87 bits per heavy atom. The normalized spacial score (nSPS) is 17.1. The van der Waals surface area contributed by atoms with Gasteiger partial charge in [-0.25, -0.2) is 4.79 Å². The number of nitrogens with zero attached hydrogens (tertiary/aromatic N) is 1. The Morgan fingerprint density at radius 2 is 2.09 bits per heavy atom. The van der Waals surface area contributed by atoms with E-state index in [1.165, 1.54) is 0 Å². The molecule has 0 saturated carbocycles. The molecule has 4 nitrogen and oxygen atoms in total. The van der Waals surface area contributed by atoms with Crippen LogP contribution in [0.3, 0.4) is 0 Å². The number of ether oxygens (including phenoxy) is 1. The van der Waals surface area contributed by atoms with Crippen LogP contribution in [-0.2, 0) is 0 Å². The fourth-order valence-electron chi connectivity index (χ4n) is 2.97. The third kappa shape index (κ3) is 3.59. The van der Waals surface area contributed by atoms with Gasteiger partial charge in [0.05, 0.1) is 13.2 Å². The van der Waals surface area contributed by atoms with E-state index in [0.717, 1.165) is 30.7 Å². The van der Waals surface area contributed by atoms with Crippen molar-refractivity contribution in [3.05, 3.63) is 59.1 Å². The van der Waals surface area contributed by atoms with Crippen LogP contribution in [0, 0.1) is 0 Å². The van der Waals surface area contributed by atoms with Gasteiger partial charge in [-0.05, 0) is 48.7 Å². The molecule has 2 aromatic rings. The van der Waals surface area contributed by atoms with Crippen molar-refractivity contribution in [1.82, 2.24) is 4.90 Å². The molecule has 2 amide bonds. The number of nitrogens with one attached hydrogen (secondary N) is 1. The summed E-state index contributed by atoms with van der Waals surface area (Å²) in [6.45, 7) is 0.744. The van der Waals surface area contributed by atoms with E-state index < -0.39 is 0 Å². The number of rotatable bonds is 3. The van der Waals surface area contributed by atoms with E-state index in [-0.39, 0.29) is 12.1 Å². The molecular weight excluding hydrogens is 312 g/mol. The highest BCUT2D eigenvalue weighted by Crippen LogP contribution is 2.34. The maximum Gasteiger partial charge on any atom is 0.322 e. The van der Waals surface area contributed by atoms with E-state index in [9.17, 15) is 4.79 Å². The summed E-state index contributed by atoms with van der Waals surface area (Å²) in [5.41, 5.74) is 1.81. The molecule has 1 atom stereocenters. The van der Waals surface area contributed by atoms with Crippen molar-refractivity contribution in [2.75, 3.05) is 19.0 Å². The number of hydrogen-bond donors (Lipinski definition) is 1. The third-order valence-corrected chi connectivity index (χ3v) is 4.30. The summed E-state index contributed by atoms with van der Waals surface area (Å²) in [4.78, 5) is 14.5. The number of hydrogen-bond acceptors (Lipinski definition) is 2. The zero-order valence-electron chi connectivity index (χ0n) is 13.0. The number of anilines is 1. The van der Waals surface area contributed by atoms with Gasteiger partial charge in [-0.3, -0.25) is 0 Å². The van der Waals surface area contributed by atoms with E-state index in [1.54, 1.807) is 19.2 Å². The predicted octanol–water partition coefficient (Wildman–Crippen LogP) is 4.72. The van der Waals surface area contributed by atoms with Crippen molar-refractivity contribution in [1.29, 1.82) is 0 Å². The van der Waals surface area contributed by atoms with Crippen LogP contribution in [0.2, 0.25) is 5.02 Å². The second-order valence-corrected chi connectivity index (χ2v) is 6.00. The lowest BCUT2D eigenvalue weighted by molar-refractivity contribution is 0.207. The monoisotopic (exact) mass is 330 g/mol. The van der Waals surface area contributed by atoms with Crippen LogP contribution in [0.25, 0.3) is 0 Å². The molecule has 0 radical (unpaired) electrons. The minimum atomic E-state index is -0.0995. The minimum Gasteiger partial charge on any atom is -0.497 e. The quantitative estimate of drug-likeness (QED) is 0.884. The number of amides is 2. The zero-order chi connectivity index (χ0) is 16.2. The third-order valence-electron chi connectivity index (χ3n) is 4.07. The Morgan fingerprint density at radius 1 is 1.26 bits per heavy atom. The largest absolute Gasteiger partial charge is 0.497 e. The molecule has 0 aliphatic carbocycles. The second kappa shape index (κ2) is 6.92. The van der Waals surface area contributed by atoms with Crippen LogP contribution in [-0.4, -0.2) is 24.6 Å². The summed E-state index contributed by atoms with van der Waals surface area (Å²) in [7, 11) is 1.65. The van der Waals surface area contributed by atoms with Crippen LogP contribution in [0.1, 0.15) is 24.4 Å². The summed E-state index contributed by atoms with van der Waals surface area (Å²) >= 11 is 5.97. The molecule has 23 heavy (non-hydrogen) atoms. The molecule has 1 aliphatic heterocycles. The van der Waals surface area contributed by atoms with E-state index >= 15 is 0 Å². The van der Waals surface area contributed by atoms with Gasteiger partial charge >= 0.3 is 6.03 Å². The number of urea groups is 1. The molecule has 1 unspecified atom stereocenters.